The van der Waals surface area contributed by atoms with Gasteiger partial charge in [0.2, 0.25) is 0 Å². The summed E-state index contributed by atoms with van der Waals surface area (Å²) in [7, 11) is 0. The van der Waals surface area contributed by atoms with Crippen molar-refractivity contribution in [1.29, 1.82) is 0 Å². The van der Waals surface area contributed by atoms with Crippen LogP contribution in [0.15, 0.2) is 18.2 Å². The average molecular weight is 300 g/mol. The van der Waals surface area contributed by atoms with Crippen molar-refractivity contribution in [2.24, 2.45) is 5.41 Å². The molecule has 0 radical (unpaired) electrons. The molecule has 118 valence electrons. The molecule has 22 heavy (non-hydrogen) atoms. The fraction of sp³-hybridized carbons (Fsp3) is 0.611. The van der Waals surface area contributed by atoms with Crippen molar-refractivity contribution in [2.75, 3.05) is 13.1 Å². The van der Waals surface area contributed by atoms with Crippen LogP contribution in [-0.4, -0.2) is 41.1 Å². The highest BCUT2D eigenvalue weighted by molar-refractivity contribution is 5.89. The molecule has 1 saturated heterocycles. The minimum atomic E-state index is -0.837. The smallest absolute Gasteiger partial charge is 0.335 e. The summed E-state index contributed by atoms with van der Waals surface area (Å²) >= 11 is 0. The Hall–Kier alpha value is -1.39. The summed E-state index contributed by atoms with van der Waals surface area (Å²) < 4.78 is 0. The third-order valence-electron chi connectivity index (χ3n) is 5.45. The van der Waals surface area contributed by atoms with Gasteiger partial charge in [0, 0.05) is 31.7 Å². The first-order valence-electron chi connectivity index (χ1n) is 8.34. The van der Waals surface area contributed by atoms with Crippen LogP contribution in [-0.2, 0) is 6.54 Å². The fourth-order valence-corrected chi connectivity index (χ4v) is 4.28. The van der Waals surface area contributed by atoms with Crippen LogP contribution < -0.4 is 5.32 Å². The molecule has 3 fully saturated rings. The largest absolute Gasteiger partial charge is 0.478 e. The first-order valence-corrected chi connectivity index (χ1v) is 8.34. The number of benzene rings is 1. The molecule has 2 aliphatic carbocycles. The molecule has 4 nitrogen and oxygen atoms in total. The Morgan fingerprint density at radius 1 is 1.32 bits per heavy atom. The second-order valence-corrected chi connectivity index (χ2v) is 7.65. The quantitative estimate of drug-likeness (QED) is 0.877. The van der Waals surface area contributed by atoms with Crippen molar-refractivity contribution in [3.05, 3.63) is 34.9 Å². The van der Waals surface area contributed by atoms with Gasteiger partial charge in [0.15, 0.2) is 0 Å². The van der Waals surface area contributed by atoms with Gasteiger partial charge in [-0.05, 0) is 55.2 Å². The monoisotopic (exact) mass is 300 g/mol. The number of hydrogen-bond acceptors (Lipinski definition) is 3. The van der Waals surface area contributed by atoms with Crippen molar-refractivity contribution in [1.82, 2.24) is 10.2 Å². The molecule has 0 unspecified atom stereocenters. The van der Waals surface area contributed by atoms with E-state index in [2.05, 4.69) is 10.2 Å². The molecule has 0 bridgehead atoms. The van der Waals surface area contributed by atoms with Crippen LogP contribution in [0.2, 0.25) is 0 Å². The average Bonchev–Trinajstić information content (AvgIpc) is 3.17. The first kappa shape index (κ1) is 14.2. The molecule has 0 amide bonds. The van der Waals surface area contributed by atoms with E-state index in [1.165, 1.54) is 44.3 Å². The predicted molar refractivity (Wildman–Crippen MR) is 85.0 cm³/mol. The van der Waals surface area contributed by atoms with Crippen molar-refractivity contribution in [3.8, 4) is 0 Å². The number of nitrogens with one attached hydrogen (secondary N) is 1. The molecule has 2 N–H and O–H groups in total. The molecule has 0 aromatic heterocycles. The third kappa shape index (κ3) is 2.66. The highest BCUT2D eigenvalue weighted by Gasteiger charge is 2.52. The van der Waals surface area contributed by atoms with Gasteiger partial charge in [-0.15, -0.1) is 0 Å². The lowest BCUT2D eigenvalue weighted by Gasteiger charge is -2.59. The van der Waals surface area contributed by atoms with Gasteiger partial charge in [-0.2, -0.15) is 0 Å². The summed E-state index contributed by atoms with van der Waals surface area (Å²) in [5.41, 5.74) is 3.08. The number of aromatic carboxylic acids is 1. The first-order chi connectivity index (χ1) is 10.5. The van der Waals surface area contributed by atoms with Gasteiger partial charge in [0.1, 0.15) is 0 Å². The molecular formula is C18H24N2O2. The van der Waals surface area contributed by atoms with E-state index in [-0.39, 0.29) is 0 Å². The van der Waals surface area contributed by atoms with Crippen LogP contribution in [0.3, 0.4) is 0 Å². The Labute approximate surface area is 131 Å². The summed E-state index contributed by atoms with van der Waals surface area (Å²) in [6.07, 6.45) is 5.44. The molecule has 3 aliphatic rings. The summed E-state index contributed by atoms with van der Waals surface area (Å²) in [5, 5.41) is 12.8. The standard InChI is InChI=1S/C18H24N2O2/c1-12-6-13(2-5-16(12)17(21)22)9-20-10-18(11-20)7-15(8-18)19-14-3-4-14/h2,5-6,14-15,19H,3-4,7-11H2,1H3,(H,21,22). The van der Waals surface area contributed by atoms with Crippen molar-refractivity contribution < 1.29 is 9.90 Å². The maximum absolute atomic E-state index is 11.0. The lowest BCUT2D eigenvalue weighted by atomic mass is 9.60. The molecule has 1 aromatic carbocycles. The Kier molecular flexibility index (Phi) is 3.27. The number of hydrogen-bond donors (Lipinski definition) is 2. The minimum absolute atomic E-state index is 0.414. The highest BCUT2D eigenvalue weighted by atomic mass is 16.4. The molecule has 1 heterocycles. The van der Waals surface area contributed by atoms with Crippen molar-refractivity contribution in [2.45, 2.75) is 51.2 Å². The van der Waals surface area contributed by atoms with Crippen LogP contribution in [0.5, 0.6) is 0 Å². The summed E-state index contributed by atoms with van der Waals surface area (Å²) in [5.74, 6) is -0.837. The van der Waals surface area contributed by atoms with Gasteiger partial charge in [-0.1, -0.05) is 12.1 Å². The number of aryl methyl sites for hydroxylation is 1. The summed E-state index contributed by atoms with van der Waals surface area (Å²) in [6, 6.07) is 7.31. The van der Waals surface area contributed by atoms with Crippen LogP contribution in [0.4, 0.5) is 0 Å². The fourth-order valence-electron chi connectivity index (χ4n) is 4.28. The molecule has 1 spiro atoms. The van der Waals surface area contributed by atoms with Crippen molar-refractivity contribution in [3.63, 3.8) is 0 Å². The van der Waals surface area contributed by atoms with Crippen LogP contribution in [0, 0.1) is 12.3 Å². The van der Waals surface area contributed by atoms with E-state index >= 15 is 0 Å². The molecule has 1 aliphatic heterocycles. The van der Waals surface area contributed by atoms with Gasteiger partial charge in [-0.3, -0.25) is 4.90 Å². The normalized spacial score (nSPS) is 24.0. The second-order valence-electron chi connectivity index (χ2n) is 7.65. The maximum atomic E-state index is 11.0. The maximum Gasteiger partial charge on any atom is 0.335 e. The number of rotatable bonds is 5. The molecule has 1 aromatic rings. The van der Waals surface area contributed by atoms with Gasteiger partial charge < -0.3 is 10.4 Å². The van der Waals surface area contributed by atoms with Crippen LogP contribution in [0.1, 0.15) is 47.2 Å². The van der Waals surface area contributed by atoms with Crippen molar-refractivity contribution >= 4 is 5.97 Å². The SMILES string of the molecule is Cc1cc(CN2CC3(CC(NC4CC4)C3)C2)ccc1C(=O)O. The minimum Gasteiger partial charge on any atom is -0.478 e. The van der Waals surface area contributed by atoms with E-state index in [0.29, 0.717) is 11.0 Å². The van der Waals surface area contributed by atoms with Crippen LogP contribution >= 0.6 is 0 Å². The Morgan fingerprint density at radius 2 is 2.05 bits per heavy atom. The van der Waals surface area contributed by atoms with Gasteiger partial charge in [0.05, 0.1) is 5.56 Å². The number of carbonyl (C=O) groups is 1. The predicted octanol–water partition coefficient (Wildman–Crippen LogP) is 2.41. The molecule has 4 rings (SSSR count). The number of likely N-dealkylation sites (tertiary alicyclic amines) is 1. The molecular weight excluding hydrogens is 276 g/mol. The Balaban J connectivity index is 1.27. The number of carboxylic acids is 1. The van der Waals surface area contributed by atoms with E-state index in [0.717, 1.165) is 24.2 Å². The molecule has 4 heteroatoms. The molecule has 0 atom stereocenters. The van der Waals surface area contributed by atoms with Gasteiger partial charge >= 0.3 is 5.97 Å². The zero-order valence-electron chi connectivity index (χ0n) is 13.1. The van der Waals surface area contributed by atoms with Gasteiger partial charge in [-0.25, -0.2) is 4.79 Å². The zero-order valence-corrected chi connectivity index (χ0v) is 13.1. The van der Waals surface area contributed by atoms with E-state index in [1.807, 2.05) is 19.1 Å². The van der Waals surface area contributed by atoms with E-state index < -0.39 is 5.97 Å². The zero-order chi connectivity index (χ0) is 15.3. The number of carboxylic acid groups (broad SMARTS) is 1. The van der Waals surface area contributed by atoms with Crippen LogP contribution in [0.25, 0.3) is 0 Å². The third-order valence-corrected chi connectivity index (χ3v) is 5.45. The summed E-state index contributed by atoms with van der Waals surface area (Å²) in [4.78, 5) is 13.5. The van der Waals surface area contributed by atoms with E-state index in [4.69, 9.17) is 5.11 Å². The number of nitrogens with zero attached hydrogens (tertiary/aromatic N) is 1. The highest BCUT2D eigenvalue weighted by Crippen LogP contribution is 2.49. The van der Waals surface area contributed by atoms with E-state index in [9.17, 15) is 4.79 Å². The molecule has 2 saturated carbocycles. The Bertz CT molecular complexity index is 595. The Morgan fingerprint density at radius 3 is 2.64 bits per heavy atom. The lowest BCUT2D eigenvalue weighted by molar-refractivity contribution is -0.0832. The van der Waals surface area contributed by atoms with E-state index in [1.54, 1.807) is 6.07 Å². The van der Waals surface area contributed by atoms with Gasteiger partial charge in [0.25, 0.3) is 0 Å². The second kappa shape index (κ2) is 5.07. The topological polar surface area (TPSA) is 52.6 Å². The lowest BCUT2D eigenvalue weighted by Crippen LogP contribution is -2.65. The summed E-state index contributed by atoms with van der Waals surface area (Å²) in [6.45, 7) is 5.24.